The number of halogens is 4. The normalized spacial score (nSPS) is 0. The molecule has 0 saturated heterocycles. The molecule has 0 N–H and O–H groups in total. The minimum absolute atomic E-state index is 0. The van der Waals surface area contributed by atoms with Gasteiger partial charge in [-0.3, -0.25) is 9.41 Å². The van der Waals surface area contributed by atoms with Gasteiger partial charge in [-0.25, -0.2) is 0 Å². The molecule has 0 atom stereocenters. The molecular formula is CH4Cl2F2. The molecular weight excluding hydrogens is 121 g/mol. The van der Waals surface area contributed by atoms with E-state index in [1.165, 1.54) is 0 Å². The van der Waals surface area contributed by atoms with Gasteiger partial charge in [-0.1, -0.05) is 0 Å². The van der Waals surface area contributed by atoms with Crippen molar-refractivity contribution in [2.24, 2.45) is 0 Å². The van der Waals surface area contributed by atoms with Gasteiger partial charge in [-0.05, 0) is 0 Å². The third-order valence-corrected chi connectivity index (χ3v) is 0. The topological polar surface area (TPSA) is 0 Å². The van der Waals surface area contributed by atoms with Crippen LogP contribution < -0.4 is 0 Å². The van der Waals surface area contributed by atoms with E-state index >= 15 is 0 Å². The highest BCUT2D eigenvalue weighted by Crippen LogP contribution is 0.691. The van der Waals surface area contributed by atoms with E-state index in [-0.39, 0.29) is 41.6 Å². The summed E-state index contributed by atoms with van der Waals surface area (Å²) in [6.07, 6.45) is 0. The second-order valence-electron chi connectivity index (χ2n) is 0. The first kappa shape index (κ1) is 554. The van der Waals surface area contributed by atoms with Gasteiger partial charge in [0.25, 0.3) is 0 Å². The molecule has 0 aliphatic rings. The van der Waals surface area contributed by atoms with Crippen LogP contribution >= 0.6 is 24.8 Å². The highest BCUT2D eigenvalue weighted by atomic mass is 35.5. The van der Waals surface area contributed by atoms with Crippen LogP contribution in [0.15, 0.2) is 0 Å². The Morgan fingerprint density at radius 1 is 0.600 bits per heavy atom. The zero-order valence-corrected chi connectivity index (χ0v) is 3.77. The summed E-state index contributed by atoms with van der Waals surface area (Å²) in [5.74, 6) is 0. The summed E-state index contributed by atoms with van der Waals surface area (Å²) >= 11 is 0. The summed E-state index contributed by atoms with van der Waals surface area (Å²) < 4.78 is 0. The van der Waals surface area contributed by atoms with Crippen molar-refractivity contribution in [2.75, 3.05) is 0 Å². The maximum atomic E-state index is 0. The van der Waals surface area contributed by atoms with Crippen molar-refractivity contribution in [3.63, 3.8) is 0 Å². The van der Waals surface area contributed by atoms with E-state index in [2.05, 4.69) is 0 Å². The number of hydrogen-bond donors (Lipinski definition) is 0. The molecule has 0 aromatic carbocycles. The summed E-state index contributed by atoms with van der Waals surface area (Å²) in [5, 5.41) is 0. The lowest BCUT2D eigenvalue weighted by atomic mass is 12.0. The van der Waals surface area contributed by atoms with Crippen molar-refractivity contribution >= 4 is 24.8 Å². The lowest BCUT2D eigenvalue weighted by Gasteiger charge is -0.270. The summed E-state index contributed by atoms with van der Waals surface area (Å²) in [6, 6.07) is 0. The second-order valence-corrected chi connectivity index (χ2v) is 0. The molecule has 36 valence electrons. The molecule has 0 aromatic heterocycles. The molecule has 0 saturated carbocycles. The Morgan fingerprint density at radius 3 is 0.600 bits per heavy atom. The average Bonchev–Trinajstić information content (AvgIpc) is 0. The van der Waals surface area contributed by atoms with Gasteiger partial charge < -0.3 is 0 Å². The van der Waals surface area contributed by atoms with Crippen molar-refractivity contribution in [3.8, 4) is 0 Å². The Bertz CT molecular complexity index is 7.61. The molecule has 0 aromatic rings. The predicted octanol–water partition coefficient (Wildman–Crippen LogP) is 1.23. The molecule has 0 rings (SSSR count). The van der Waals surface area contributed by atoms with Crippen LogP contribution in [0.1, 0.15) is 0 Å². The van der Waals surface area contributed by atoms with Gasteiger partial charge in [0.05, 0.1) is 0 Å². The standard InChI is InChI=1S/C.2ClH.2FH/h;4*1H. The molecule has 5 heavy (non-hydrogen) atoms. The number of rotatable bonds is 0. The van der Waals surface area contributed by atoms with E-state index in [1.807, 2.05) is 0 Å². The maximum absolute atomic E-state index is 0. The van der Waals surface area contributed by atoms with E-state index in [9.17, 15) is 0 Å². The highest BCUT2D eigenvalue weighted by molar-refractivity contribution is 5.85. The first-order valence-electron chi connectivity index (χ1n) is 0. The van der Waals surface area contributed by atoms with Crippen molar-refractivity contribution in [1.82, 2.24) is 0 Å². The van der Waals surface area contributed by atoms with E-state index in [1.54, 1.807) is 0 Å². The maximum Gasteiger partial charge on any atom is 0 e. The van der Waals surface area contributed by atoms with Gasteiger partial charge >= 0.3 is 0 Å². The molecule has 4 heteroatoms. The molecule has 0 bridgehead atoms. The van der Waals surface area contributed by atoms with Crippen LogP contribution in [0.25, 0.3) is 0 Å². The third kappa shape index (κ3) is 137. The Kier molecular flexibility index (Phi) is 30100. The minimum Gasteiger partial charge on any atom is -0.269 e. The van der Waals surface area contributed by atoms with Crippen LogP contribution in [0.4, 0.5) is 9.41 Å². The van der Waals surface area contributed by atoms with Crippen LogP contribution in [0.2, 0.25) is 0 Å². The SMILES string of the molecule is Cl.Cl.F.F.[C]. The van der Waals surface area contributed by atoms with Gasteiger partial charge in [-0.15, -0.1) is 24.8 Å². The molecule has 0 nitrogen and oxygen atoms in total. The highest BCUT2D eigenvalue weighted by Gasteiger charge is 0.0000214. The molecule has 0 spiro atoms. The van der Waals surface area contributed by atoms with Crippen LogP contribution in [-0.2, 0) is 0 Å². The Morgan fingerprint density at radius 2 is 0.600 bits per heavy atom. The van der Waals surface area contributed by atoms with Crippen molar-refractivity contribution < 1.29 is 9.41 Å². The smallest absolute Gasteiger partial charge is 0 e. The zero-order chi connectivity index (χ0) is 0. The summed E-state index contributed by atoms with van der Waals surface area (Å²) in [7, 11) is 0. The summed E-state index contributed by atoms with van der Waals surface area (Å²) in [5.41, 5.74) is 0. The predicted molar refractivity (Wildman–Crippen MR) is 22.7 cm³/mol. The van der Waals surface area contributed by atoms with Crippen LogP contribution in [0.5, 0.6) is 0 Å². The quantitative estimate of drug-likeness (QED) is 0.456. The van der Waals surface area contributed by atoms with Crippen molar-refractivity contribution in [1.29, 1.82) is 0 Å². The third-order valence-electron chi connectivity index (χ3n) is 0. The molecule has 0 unspecified atom stereocenters. The largest absolute Gasteiger partial charge is 0.269 e. The first-order valence-corrected chi connectivity index (χ1v) is 0. The zero-order valence-electron chi connectivity index (χ0n) is 2.13. The lowest BCUT2D eigenvalue weighted by molar-refractivity contribution is 1.11. The average molecular weight is 125 g/mol. The fourth-order valence-electron chi connectivity index (χ4n) is 0. The summed E-state index contributed by atoms with van der Waals surface area (Å²) in [4.78, 5) is 0. The van der Waals surface area contributed by atoms with Crippen LogP contribution in [0, 0.1) is 7.43 Å². The van der Waals surface area contributed by atoms with Crippen LogP contribution in [0.3, 0.4) is 0 Å². The number of hydrogen-bond acceptors (Lipinski definition) is 0. The van der Waals surface area contributed by atoms with E-state index in [4.69, 9.17) is 0 Å². The molecule has 0 aliphatic carbocycles. The monoisotopic (exact) mass is 124 g/mol. The molecule has 4 radical (unpaired) electrons. The molecule has 0 amide bonds. The van der Waals surface area contributed by atoms with Gasteiger partial charge in [0.2, 0.25) is 0 Å². The van der Waals surface area contributed by atoms with E-state index in [0.29, 0.717) is 0 Å². The fraction of sp³-hybridized carbons (Fsp3) is 0. The lowest BCUT2D eigenvalue weighted by Crippen LogP contribution is 0.0813. The van der Waals surface area contributed by atoms with Crippen LogP contribution in [-0.4, -0.2) is 0 Å². The Labute approximate surface area is 42.5 Å². The van der Waals surface area contributed by atoms with Gasteiger partial charge in [0.1, 0.15) is 0 Å². The second kappa shape index (κ2) is 271. The van der Waals surface area contributed by atoms with E-state index < -0.39 is 0 Å². The Hall–Kier alpha value is 0.440. The molecule has 0 heterocycles. The molecule has 0 aliphatic heterocycles. The first-order chi connectivity index (χ1) is 0. The Balaban J connectivity index is 0. The summed E-state index contributed by atoms with van der Waals surface area (Å²) in [6.45, 7) is 0. The van der Waals surface area contributed by atoms with Gasteiger partial charge in [-0.2, -0.15) is 0 Å². The van der Waals surface area contributed by atoms with Crippen molar-refractivity contribution in [3.05, 3.63) is 7.43 Å². The molecule has 0 fully saturated rings. The van der Waals surface area contributed by atoms with E-state index in [0.717, 1.165) is 0 Å². The van der Waals surface area contributed by atoms with Gasteiger partial charge in [0.15, 0.2) is 0 Å². The van der Waals surface area contributed by atoms with Gasteiger partial charge in [0, 0.05) is 7.43 Å². The minimum atomic E-state index is 0. The van der Waals surface area contributed by atoms with Crippen molar-refractivity contribution in [2.45, 2.75) is 0 Å². The fourth-order valence-corrected chi connectivity index (χ4v) is 0.